The van der Waals surface area contributed by atoms with Gasteiger partial charge in [0.15, 0.2) is 0 Å². The van der Waals surface area contributed by atoms with Gasteiger partial charge in [0, 0.05) is 6.92 Å². The molecule has 0 aromatic heterocycles. The first-order chi connectivity index (χ1) is 8.67. The van der Waals surface area contributed by atoms with Crippen LogP contribution < -0.4 is 0 Å². The van der Waals surface area contributed by atoms with Crippen LogP contribution in [-0.2, 0) is 14.3 Å². The first-order valence-electron chi connectivity index (χ1n) is 6.50. The van der Waals surface area contributed by atoms with Crippen LogP contribution in [0, 0.1) is 0 Å². The summed E-state index contributed by atoms with van der Waals surface area (Å²) in [5.74, 6) is -0.384. The van der Waals surface area contributed by atoms with Gasteiger partial charge in [-0.05, 0) is 33.6 Å². The van der Waals surface area contributed by atoms with Crippen molar-refractivity contribution >= 4 is 12.1 Å². The zero-order valence-corrected chi connectivity index (χ0v) is 12.0. The van der Waals surface area contributed by atoms with E-state index in [1.165, 1.54) is 11.8 Å². The molecule has 6 nitrogen and oxygen atoms in total. The molecule has 0 aromatic rings. The van der Waals surface area contributed by atoms with Crippen molar-refractivity contribution in [3.8, 4) is 0 Å². The second-order valence-corrected chi connectivity index (χ2v) is 5.85. The highest BCUT2D eigenvalue weighted by Crippen LogP contribution is 2.17. The van der Waals surface area contributed by atoms with Crippen LogP contribution in [0.1, 0.15) is 40.5 Å². The first kappa shape index (κ1) is 15.8. The molecule has 6 heteroatoms. The predicted octanol–water partition coefficient (Wildman–Crippen LogP) is 1.31. The maximum absolute atomic E-state index is 12.0. The summed E-state index contributed by atoms with van der Waals surface area (Å²) in [5, 5.41) is 9.77. The minimum atomic E-state index is -0.618. The van der Waals surface area contributed by atoms with E-state index in [-0.39, 0.29) is 25.2 Å². The number of esters is 1. The fourth-order valence-electron chi connectivity index (χ4n) is 1.94. The lowest BCUT2D eigenvalue weighted by molar-refractivity contribution is -0.147. The molecule has 0 aromatic carbocycles. The highest BCUT2D eigenvalue weighted by Gasteiger charge is 2.30. The molecule has 2 atom stereocenters. The molecule has 0 spiro atoms. The molecule has 1 aliphatic heterocycles. The molecule has 1 fully saturated rings. The number of hydrogen-bond acceptors (Lipinski definition) is 5. The molecule has 1 rings (SSSR count). The number of amides is 1. The molecular formula is C13H23NO5. The van der Waals surface area contributed by atoms with Gasteiger partial charge in [-0.15, -0.1) is 0 Å². The number of hydrogen-bond donors (Lipinski definition) is 1. The Morgan fingerprint density at radius 1 is 1.21 bits per heavy atom. The summed E-state index contributed by atoms with van der Waals surface area (Å²) in [6.45, 7) is 7.13. The molecule has 110 valence electrons. The summed E-state index contributed by atoms with van der Waals surface area (Å²) in [6, 6.07) is 0. The number of nitrogens with zero attached hydrogens (tertiary/aromatic N) is 1. The molecule has 0 bridgehead atoms. The van der Waals surface area contributed by atoms with Crippen molar-refractivity contribution in [3.63, 3.8) is 0 Å². The molecule has 0 aliphatic carbocycles. The second-order valence-electron chi connectivity index (χ2n) is 5.85. The average molecular weight is 273 g/mol. The average Bonchev–Trinajstić information content (AvgIpc) is 2.38. The summed E-state index contributed by atoms with van der Waals surface area (Å²) in [5.41, 5.74) is -0.592. The number of likely N-dealkylation sites (tertiary alicyclic amines) is 1. The van der Waals surface area contributed by atoms with Crippen molar-refractivity contribution < 1.29 is 24.2 Å². The Morgan fingerprint density at radius 2 is 1.84 bits per heavy atom. The van der Waals surface area contributed by atoms with Crippen LogP contribution in [0.25, 0.3) is 0 Å². The number of β-amino-alcohol motifs (C(OH)–C–C–N with tert-alkyl or cyclic N) is 1. The standard InChI is InChI=1S/C13H23NO5/c1-9(15)18-11-6-5-10(16)7-14(8-11)12(17)19-13(2,3)4/h10-11,16H,5-8H2,1-4H3/t10-,11+/m0/s1. The van der Waals surface area contributed by atoms with E-state index in [0.29, 0.717) is 12.8 Å². The van der Waals surface area contributed by atoms with Gasteiger partial charge in [-0.1, -0.05) is 0 Å². The molecule has 0 radical (unpaired) electrons. The Labute approximate surface area is 113 Å². The van der Waals surface area contributed by atoms with Crippen molar-refractivity contribution in [1.29, 1.82) is 0 Å². The monoisotopic (exact) mass is 273 g/mol. The summed E-state index contributed by atoms with van der Waals surface area (Å²) >= 11 is 0. The van der Waals surface area contributed by atoms with E-state index in [4.69, 9.17) is 9.47 Å². The Morgan fingerprint density at radius 3 is 2.37 bits per heavy atom. The largest absolute Gasteiger partial charge is 0.461 e. The van der Waals surface area contributed by atoms with E-state index in [9.17, 15) is 14.7 Å². The van der Waals surface area contributed by atoms with Gasteiger partial charge in [-0.25, -0.2) is 4.79 Å². The SMILES string of the molecule is CC(=O)O[C@@H]1CC[C@H](O)CN(C(=O)OC(C)(C)C)C1. The van der Waals surface area contributed by atoms with E-state index in [0.717, 1.165) is 0 Å². The summed E-state index contributed by atoms with van der Waals surface area (Å²) in [4.78, 5) is 24.4. The molecule has 1 amide bonds. The van der Waals surface area contributed by atoms with Gasteiger partial charge >= 0.3 is 12.1 Å². The number of aliphatic hydroxyl groups is 1. The summed E-state index contributed by atoms with van der Waals surface area (Å²) < 4.78 is 10.4. The maximum Gasteiger partial charge on any atom is 0.410 e. The molecule has 0 unspecified atom stereocenters. The topological polar surface area (TPSA) is 76.1 Å². The fourth-order valence-corrected chi connectivity index (χ4v) is 1.94. The van der Waals surface area contributed by atoms with Gasteiger partial charge in [0.1, 0.15) is 11.7 Å². The van der Waals surface area contributed by atoms with Gasteiger partial charge < -0.3 is 19.5 Å². The number of rotatable bonds is 1. The van der Waals surface area contributed by atoms with Crippen molar-refractivity contribution in [1.82, 2.24) is 4.90 Å². The van der Waals surface area contributed by atoms with E-state index in [1.807, 2.05) is 0 Å². The third kappa shape index (κ3) is 5.92. The Hall–Kier alpha value is -1.30. The molecule has 1 saturated heterocycles. The third-order valence-electron chi connectivity index (χ3n) is 2.66. The Kier molecular flexibility index (Phi) is 5.17. The van der Waals surface area contributed by atoms with Crippen molar-refractivity contribution in [3.05, 3.63) is 0 Å². The number of aliphatic hydroxyl groups excluding tert-OH is 1. The van der Waals surface area contributed by atoms with Gasteiger partial charge in [0.05, 0.1) is 19.2 Å². The lowest BCUT2D eigenvalue weighted by Gasteiger charge is -2.28. The smallest absolute Gasteiger partial charge is 0.410 e. The zero-order valence-electron chi connectivity index (χ0n) is 12.0. The molecule has 1 aliphatic rings. The van der Waals surface area contributed by atoms with Gasteiger partial charge in [-0.3, -0.25) is 4.79 Å². The van der Waals surface area contributed by atoms with Crippen LogP contribution in [0.15, 0.2) is 0 Å². The Balaban J connectivity index is 2.68. The highest BCUT2D eigenvalue weighted by atomic mass is 16.6. The van der Waals surface area contributed by atoms with E-state index < -0.39 is 17.8 Å². The van der Waals surface area contributed by atoms with Gasteiger partial charge in [-0.2, -0.15) is 0 Å². The summed E-state index contributed by atoms with van der Waals surface area (Å²) in [7, 11) is 0. The first-order valence-corrected chi connectivity index (χ1v) is 6.50. The summed E-state index contributed by atoms with van der Waals surface area (Å²) in [6.07, 6.45) is -0.460. The van der Waals surface area contributed by atoms with Gasteiger partial charge in [0.25, 0.3) is 0 Å². The predicted molar refractivity (Wildman–Crippen MR) is 68.6 cm³/mol. The van der Waals surface area contributed by atoms with Crippen LogP contribution in [0.4, 0.5) is 4.79 Å². The van der Waals surface area contributed by atoms with Crippen LogP contribution >= 0.6 is 0 Å². The van der Waals surface area contributed by atoms with E-state index in [2.05, 4.69) is 0 Å². The number of carbonyl (C=O) groups is 2. The van der Waals surface area contributed by atoms with Crippen LogP contribution in [0.5, 0.6) is 0 Å². The minimum absolute atomic E-state index is 0.201. The second kappa shape index (κ2) is 6.23. The molecular weight excluding hydrogens is 250 g/mol. The lowest BCUT2D eigenvalue weighted by Crippen LogP contribution is -2.43. The van der Waals surface area contributed by atoms with Crippen molar-refractivity contribution in [2.45, 2.75) is 58.3 Å². The minimum Gasteiger partial charge on any atom is -0.461 e. The molecule has 19 heavy (non-hydrogen) atoms. The zero-order chi connectivity index (χ0) is 14.6. The normalized spacial score (nSPS) is 24.6. The van der Waals surface area contributed by atoms with Crippen molar-refractivity contribution in [2.24, 2.45) is 0 Å². The fraction of sp³-hybridized carbons (Fsp3) is 0.846. The number of ether oxygens (including phenoxy) is 2. The van der Waals surface area contributed by atoms with E-state index in [1.54, 1.807) is 20.8 Å². The molecule has 1 heterocycles. The highest BCUT2D eigenvalue weighted by molar-refractivity contribution is 5.69. The van der Waals surface area contributed by atoms with Crippen LogP contribution in [0.2, 0.25) is 0 Å². The van der Waals surface area contributed by atoms with Crippen LogP contribution in [-0.4, -0.2) is 53.0 Å². The third-order valence-corrected chi connectivity index (χ3v) is 2.66. The quantitative estimate of drug-likeness (QED) is 0.729. The van der Waals surface area contributed by atoms with E-state index >= 15 is 0 Å². The lowest BCUT2D eigenvalue weighted by atomic mass is 10.1. The van der Waals surface area contributed by atoms with Crippen molar-refractivity contribution in [2.75, 3.05) is 13.1 Å². The molecule has 1 N–H and O–H groups in total. The molecule has 0 saturated carbocycles. The number of carbonyl (C=O) groups excluding carboxylic acids is 2. The van der Waals surface area contributed by atoms with Gasteiger partial charge in [0.2, 0.25) is 0 Å². The Bertz CT molecular complexity index is 336. The maximum atomic E-state index is 12.0. The van der Waals surface area contributed by atoms with Crippen LogP contribution in [0.3, 0.4) is 0 Å².